The first-order valence-corrected chi connectivity index (χ1v) is 6.44. The Morgan fingerprint density at radius 1 is 1.38 bits per heavy atom. The van der Waals surface area contributed by atoms with E-state index in [1.807, 2.05) is 0 Å². The Balaban J connectivity index is 3.01. The third kappa shape index (κ3) is 4.62. The molecule has 0 fully saturated rings. The molecular formula is C12H11BrF3NO4. The van der Waals surface area contributed by atoms with Crippen LogP contribution in [0.25, 0.3) is 0 Å². The number of benzene rings is 1. The summed E-state index contributed by atoms with van der Waals surface area (Å²) in [6, 6.07) is 2.67. The van der Waals surface area contributed by atoms with Gasteiger partial charge in [-0.15, -0.1) is 0 Å². The van der Waals surface area contributed by atoms with Gasteiger partial charge in [0.1, 0.15) is 17.2 Å². The molecule has 5 nitrogen and oxygen atoms in total. The molecular weight excluding hydrogens is 359 g/mol. The maximum atomic E-state index is 12.9. The van der Waals surface area contributed by atoms with Crippen molar-refractivity contribution in [2.45, 2.75) is 11.0 Å². The summed E-state index contributed by atoms with van der Waals surface area (Å²) in [5.41, 5.74) is 3.50. The first kappa shape index (κ1) is 17.3. The minimum Gasteiger partial charge on any atom is -0.491 e. The molecule has 0 bridgehead atoms. The lowest BCUT2D eigenvalue weighted by atomic mass is 10.1. The summed E-state index contributed by atoms with van der Waals surface area (Å²) in [7, 11) is 1.14. The number of ether oxygens (including phenoxy) is 2. The number of halogens is 4. The predicted octanol–water partition coefficient (Wildman–Crippen LogP) is 2.12. The van der Waals surface area contributed by atoms with Crippen LogP contribution in [0.3, 0.4) is 0 Å². The highest BCUT2D eigenvalue weighted by molar-refractivity contribution is 9.10. The average Bonchev–Trinajstić information content (AvgIpc) is 2.42. The number of hydrogen-bond acceptors (Lipinski definition) is 4. The van der Waals surface area contributed by atoms with E-state index < -0.39 is 34.2 Å². The maximum absolute atomic E-state index is 12.9. The topological polar surface area (TPSA) is 78.6 Å². The molecule has 1 aromatic carbocycles. The van der Waals surface area contributed by atoms with Gasteiger partial charge in [-0.3, -0.25) is 9.59 Å². The molecule has 1 rings (SSSR count). The second kappa shape index (κ2) is 6.79. The van der Waals surface area contributed by atoms with E-state index >= 15 is 0 Å². The minimum atomic E-state index is -4.73. The summed E-state index contributed by atoms with van der Waals surface area (Å²) in [6.07, 6.45) is -4.73. The zero-order valence-electron chi connectivity index (χ0n) is 10.7. The van der Waals surface area contributed by atoms with Crippen LogP contribution in [0.15, 0.2) is 18.2 Å². The molecule has 0 heterocycles. The van der Waals surface area contributed by atoms with E-state index in [4.69, 9.17) is 10.5 Å². The standard InChI is InChI=1S/C12H11BrF3NO4/c1-20-11(19)8(13)5-21-9-3-2-6(10(17)18)4-7(9)12(14,15)16/h2-4,8H,5H2,1H3,(H2,17,18). The van der Waals surface area contributed by atoms with Crippen LogP contribution < -0.4 is 10.5 Å². The normalized spacial score (nSPS) is 12.6. The van der Waals surface area contributed by atoms with Crippen LogP contribution in [0.2, 0.25) is 0 Å². The first-order chi connectivity index (χ1) is 9.66. The van der Waals surface area contributed by atoms with E-state index in [9.17, 15) is 22.8 Å². The van der Waals surface area contributed by atoms with Gasteiger partial charge < -0.3 is 15.2 Å². The second-order valence-electron chi connectivity index (χ2n) is 3.87. The lowest BCUT2D eigenvalue weighted by Crippen LogP contribution is -2.24. The van der Waals surface area contributed by atoms with Gasteiger partial charge in [0.05, 0.1) is 12.7 Å². The third-order valence-corrected chi connectivity index (χ3v) is 3.05. The molecule has 1 atom stereocenters. The molecule has 0 aliphatic heterocycles. The van der Waals surface area contributed by atoms with Crippen molar-refractivity contribution in [3.8, 4) is 5.75 Å². The summed E-state index contributed by atoms with van der Waals surface area (Å²) in [6.45, 7) is -0.369. The lowest BCUT2D eigenvalue weighted by molar-refractivity contribution is -0.140. The zero-order chi connectivity index (χ0) is 16.2. The summed E-state index contributed by atoms with van der Waals surface area (Å²) < 4.78 is 48.1. The van der Waals surface area contributed by atoms with Gasteiger partial charge in [0.2, 0.25) is 5.91 Å². The maximum Gasteiger partial charge on any atom is 0.419 e. The monoisotopic (exact) mass is 369 g/mol. The molecule has 9 heteroatoms. The molecule has 0 spiro atoms. The van der Waals surface area contributed by atoms with E-state index in [-0.39, 0.29) is 12.2 Å². The number of carbonyl (C=O) groups excluding carboxylic acids is 2. The van der Waals surface area contributed by atoms with Gasteiger partial charge in [-0.05, 0) is 18.2 Å². The number of primary amides is 1. The van der Waals surface area contributed by atoms with Crippen molar-refractivity contribution < 1.29 is 32.2 Å². The number of hydrogen-bond donors (Lipinski definition) is 1. The highest BCUT2D eigenvalue weighted by atomic mass is 79.9. The minimum absolute atomic E-state index is 0.293. The Morgan fingerprint density at radius 2 is 2.00 bits per heavy atom. The number of methoxy groups -OCH3 is 1. The van der Waals surface area contributed by atoms with E-state index in [1.165, 1.54) is 0 Å². The molecule has 0 radical (unpaired) electrons. The molecule has 1 unspecified atom stereocenters. The van der Waals surface area contributed by atoms with Crippen molar-refractivity contribution in [2.75, 3.05) is 13.7 Å². The quantitative estimate of drug-likeness (QED) is 0.636. The zero-order valence-corrected chi connectivity index (χ0v) is 12.3. The van der Waals surface area contributed by atoms with Crippen molar-refractivity contribution in [3.05, 3.63) is 29.3 Å². The molecule has 0 saturated carbocycles. The fourth-order valence-corrected chi connectivity index (χ4v) is 1.71. The molecule has 1 aromatic rings. The Morgan fingerprint density at radius 3 is 2.48 bits per heavy atom. The number of carbonyl (C=O) groups is 2. The smallest absolute Gasteiger partial charge is 0.419 e. The number of alkyl halides is 4. The van der Waals surface area contributed by atoms with E-state index in [0.717, 1.165) is 19.2 Å². The number of esters is 1. The van der Waals surface area contributed by atoms with Gasteiger partial charge in [0.25, 0.3) is 0 Å². The average molecular weight is 370 g/mol. The number of amides is 1. The summed E-state index contributed by atoms with van der Waals surface area (Å²) >= 11 is 2.92. The lowest BCUT2D eigenvalue weighted by Gasteiger charge is -2.16. The molecule has 116 valence electrons. The third-order valence-electron chi connectivity index (χ3n) is 2.41. The number of nitrogens with two attached hydrogens (primary N) is 1. The van der Waals surface area contributed by atoms with E-state index in [2.05, 4.69) is 20.7 Å². The van der Waals surface area contributed by atoms with Gasteiger partial charge >= 0.3 is 12.1 Å². The van der Waals surface area contributed by atoms with Crippen LogP contribution >= 0.6 is 15.9 Å². The van der Waals surface area contributed by atoms with Crippen LogP contribution in [-0.4, -0.2) is 30.4 Å². The Kier molecular flexibility index (Phi) is 5.59. The Labute approximate surface area is 126 Å². The predicted molar refractivity (Wildman–Crippen MR) is 70.2 cm³/mol. The van der Waals surface area contributed by atoms with Crippen LogP contribution in [0.1, 0.15) is 15.9 Å². The molecule has 0 aliphatic carbocycles. The van der Waals surface area contributed by atoms with Gasteiger partial charge in [0.15, 0.2) is 0 Å². The fraction of sp³-hybridized carbons (Fsp3) is 0.333. The van der Waals surface area contributed by atoms with Crippen molar-refractivity contribution in [1.29, 1.82) is 0 Å². The molecule has 0 aromatic heterocycles. The molecule has 0 aliphatic rings. The van der Waals surface area contributed by atoms with Gasteiger partial charge in [-0.2, -0.15) is 13.2 Å². The van der Waals surface area contributed by atoms with Gasteiger partial charge in [-0.25, -0.2) is 0 Å². The largest absolute Gasteiger partial charge is 0.491 e. The van der Waals surface area contributed by atoms with Gasteiger partial charge in [-0.1, -0.05) is 15.9 Å². The van der Waals surface area contributed by atoms with E-state index in [1.54, 1.807) is 0 Å². The van der Waals surface area contributed by atoms with Crippen LogP contribution in [0.4, 0.5) is 13.2 Å². The van der Waals surface area contributed by atoms with Crippen molar-refractivity contribution >= 4 is 27.8 Å². The van der Waals surface area contributed by atoms with Crippen LogP contribution in [0, 0.1) is 0 Å². The summed E-state index contributed by atoms with van der Waals surface area (Å²) in [5, 5.41) is 0. The molecule has 0 saturated heterocycles. The SMILES string of the molecule is COC(=O)C(Br)COc1ccc(C(N)=O)cc1C(F)(F)F. The Hall–Kier alpha value is -1.77. The van der Waals surface area contributed by atoms with E-state index in [0.29, 0.717) is 6.07 Å². The van der Waals surface area contributed by atoms with Crippen molar-refractivity contribution in [3.63, 3.8) is 0 Å². The van der Waals surface area contributed by atoms with Crippen LogP contribution in [0.5, 0.6) is 5.75 Å². The molecule has 1 amide bonds. The van der Waals surface area contributed by atoms with Gasteiger partial charge in [0, 0.05) is 5.56 Å². The van der Waals surface area contributed by atoms with Crippen molar-refractivity contribution in [1.82, 2.24) is 0 Å². The second-order valence-corrected chi connectivity index (χ2v) is 4.98. The highest BCUT2D eigenvalue weighted by Crippen LogP contribution is 2.37. The molecule has 2 N–H and O–H groups in total. The first-order valence-electron chi connectivity index (χ1n) is 5.52. The summed E-state index contributed by atoms with van der Waals surface area (Å²) in [5.74, 6) is -2.18. The summed E-state index contributed by atoms with van der Waals surface area (Å²) in [4.78, 5) is 21.1. The van der Waals surface area contributed by atoms with Crippen LogP contribution in [-0.2, 0) is 15.7 Å². The number of rotatable bonds is 5. The Bertz CT molecular complexity index is 548. The van der Waals surface area contributed by atoms with Crippen molar-refractivity contribution in [2.24, 2.45) is 5.73 Å². The highest BCUT2D eigenvalue weighted by Gasteiger charge is 2.35. The molecule has 21 heavy (non-hydrogen) atoms. The fourth-order valence-electron chi connectivity index (χ4n) is 1.39.